The van der Waals surface area contributed by atoms with Gasteiger partial charge < -0.3 is 28.5 Å². The third-order valence-electron chi connectivity index (χ3n) is 13.9. The summed E-state index contributed by atoms with van der Waals surface area (Å²) in [4.78, 5) is 40.1. The number of allylic oxidation sites excluding steroid dienone is 17. The van der Waals surface area contributed by atoms with Crippen molar-refractivity contribution in [3.63, 3.8) is 0 Å². The van der Waals surface area contributed by atoms with Crippen LogP contribution in [0.3, 0.4) is 0 Å². The quantitative estimate of drug-likeness (QED) is 0.0212. The highest BCUT2D eigenvalue weighted by atomic mass is 31.2. The number of esters is 1. The third-order valence-corrected chi connectivity index (χ3v) is 14.9. The van der Waals surface area contributed by atoms with Gasteiger partial charge in [-0.2, -0.15) is 0 Å². The molecule has 0 aliphatic carbocycles. The van der Waals surface area contributed by atoms with Crippen molar-refractivity contribution in [1.82, 2.24) is 5.32 Å². The highest BCUT2D eigenvalue weighted by Gasteiger charge is 2.27. The highest BCUT2D eigenvalue weighted by Crippen LogP contribution is 2.38. The Bertz CT molecular complexity index is 1740. The molecule has 0 fully saturated rings. The van der Waals surface area contributed by atoms with Crippen LogP contribution in [0.2, 0.25) is 0 Å². The third kappa shape index (κ3) is 59.3. The van der Waals surface area contributed by atoms with Gasteiger partial charge in [-0.3, -0.25) is 14.2 Å². The van der Waals surface area contributed by atoms with Crippen LogP contribution in [0, 0.1) is 0 Å². The van der Waals surface area contributed by atoms with Crippen molar-refractivity contribution >= 4 is 19.7 Å². The number of hydrogen-bond acceptors (Lipinski definition) is 7. The summed E-state index contributed by atoms with van der Waals surface area (Å²) in [5.74, 6) is -0.570. The molecule has 0 bridgehead atoms. The molecule has 10 heteroatoms. The molecule has 0 aliphatic heterocycles. The fourth-order valence-corrected chi connectivity index (χ4v) is 9.63. The Morgan fingerprint density at radius 3 is 1.23 bits per heavy atom. The van der Waals surface area contributed by atoms with Gasteiger partial charge in [-0.05, 0) is 115 Å². The lowest BCUT2D eigenvalue weighted by Crippen LogP contribution is -2.47. The number of unbranched alkanes of at least 4 members (excludes halogenated alkanes) is 26. The van der Waals surface area contributed by atoms with E-state index >= 15 is 0 Å². The van der Waals surface area contributed by atoms with E-state index in [0.29, 0.717) is 23.9 Å². The molecule has 0 aromatic carbocycles. The van der Waals surface area contributed by atoms with E-state index in [2.05, 4.69) is 123 Å². The number of amides is 1. The first kappa shape index (κ1) is 76.7. The summed E-state index contributed by atoms with van der Waals surface area (Å²) in [5.41, 5.74) is 0. The van der Waals surface area contributed by atoms with Gasteiger partial charge in [0.25, 0.3) is 7.82 Å². The SMILES string of the molecule is CC/C=C\C/C=C\C/C=C\C/C=C\C/C=C\C/C=C\CCCCCCCCC(=O)OC(/C=C\CCCCCCCCCCCC)C(COP(=O)([O-])OCC[N+](C)(C)C)NC(=O)CCCCCCCCC/C=C\C/C=C\CCCCC. The first-order chi connectivity index (χ1) is 38.9. The van der Waals surface area contributed by atoms with E-state index in [1.165, 1.54) is 96.3 Å². The largest absolute Gasteiger partial charge is 0.756 e. The van der Waals surface area contributed by atoms with Crippen LogP contribution in [0.5, 0.6) is 0 Å². The molecule has 1 amide bonds. The molecule has 0 aliphatic rings. The minimum atomic E-state index is -4.71. The molecule has 3 atom stereocenters. The van der Waals surface area contributed by atoms with Crippen molar-refractivity contribution < 1.29 is 37.3 Å². The molecular formula is C70H123N2O7P. The maximum absolute atomic E-state index is 13.5. The second-order valence-electron chi connectivity index (χ2n) is 22.9. The van der Waals surface area contributed by atoms with Crippen LogP contribution in [0.1, 0.15) is 271 Å². The molecule has 0 aromatic heterocycles. The van der Waals surface area contributed by atoms with Crippen LogP contribution in [0.15, 0.2) is 109 Å². The first-order valence-corrected chi connectivity index (χ1v) is 34.2. The molecule has 80 heavy (non-hydrogen) atoms. The second kappa shape index (κ2) is 58.9. The lowest BCUT2D eigenvalue weighted by Gasteiger charge is -2.30. The summed E-state index contributed by atoms with van der Waals surface area (Å²) in [5, 5.41) is 3.02. The minimum Gasteiger partial charge on any atom is -0.756 e. The summed E-state index contributed by atoms with van der Waals surface area (Å²) in [6.45, 7) is 6.68. The van der Waals surface area contributed by atoms with Gasteiger partial charge in [0, 0.05) is 12.8 Å². The Morgan fingerprint density at radius 1 is 0.450 bits per heavy atom. The Kier molecular flexibility index (Phi) is 56.4. The van der Waals surface area contributed by atoms with E-state index in [1.807, 2.05) is 33.3 Å². The van der Waals surface area contributed by atoms with Gasteiger partial charge >= 0.3 is 5.97 Å². The highest BCUT2D eigenvalue weighted by molar-refractivity contribution is 7.45. The topological polar surface area (TPSA) is 114 Å². The maximum Gasteiger partial charge on any atom is 0.306 e. The average molecular weight is 1140 g/mol. The zero-order valence-corrected chi connectivity index (χ0v) is 53.4. The van der Waals surface area contributed by atoms with Crippen molar-refractivity contribution in [2.45, 2.75) is 283 Å². The van der Waals surface area contributed by atoms with Gasteiger partial charge in [-0.1, -0.05) is 252 Å². The van der Waals surface area contributed by atoms with Crippen molar-refractivity contribution in [1.29, 1.82) is 0 Å². The molecule has 1 N–H and O–H groups in total. The van der Waals surface area contributed by atoms with E-state index in [1.54, 1.807) is 0 Å². The van der Waals surface area contributed by atoms with Gasteiger partial charge in [0.2, 0.25) is 5.91 Å². The minimum absolute atomic E-state index is 0.0316. The number of nitrogens with one attached hydrogen (secondary N) is 1. The number of phosphoric acid groups is 1. The van der Waals surface area contributed by atoms with E-state index in [9.17, 15) is 19.0 Å². The molecule has 0 rings (SSSR count). The number of rotatable bonds is 58. The summed E-state index contributed by atoms with van der Waals surface area (Å²) < 4.78 is 30.3. The molecule has 0 saturated heterocycles. The van der Waals surface area contributed by atoms with E-state index in [0.717, 1.165) is 135 Å². The van der Waals surface area contributed by atoms with Crippen molar-refractivity contribution in [2.75, 3.05) is 40.9 Å². The summed E-state index contributed by atoms with van der Waals surface area (Å²) in [7, 11) is 1.16. The second-order valence-corrected chi connectivity index (χ2v) is 24.3. The van der Waals surface area contributed by atoms with E-state index in [4.69, 9.17) is 13.8 Å². The molecule has 3 unspecified atom stereocenters. The fraction of sp³-hybridized carbons (Fsp3) is 0.714. The van der Waals surface area contributed by atoms with Crippen molar-refractivity contribution in [3.05, 3.63) is 109 Å². The molecule has 0 saturated carbocycles. The lowest BCUT2D eigenvalue weighted by molar-refractivity contribution is -0.870. The predicted molar refractivity (Wildman–Crippen MR) is 344 cm³/mol. The van der Waals surface area contributed by atoms with Gasteiger partial charge in [0.15, 0.2) is 0 Å². The standard InChI is InChI=1S/C70H123N2O7P/c1-7-10-13-16-19-22-25-28-30-32-33-34-35-36-37-38-39-41-43-45-48-51-54-57-60-63-70(74)79-68(61-58-55-52-49-46-27-24-21-18-15-12-9-3)67(66-78-80(75,76)77-65-64-72(4,5)6)71-69(73)62-59-56-53-50-47-44-42-40-31-29-26-23-20-17-14-11-8-2/h10,13,19-20,22-23,28-31,33-34,36-37,39,41,58,61,67-68H,7-9,11-12,14-18,21,24-27,32,35,38,40,42-57,59-60,62-66H2,1-6H3,(H-,71,73,75,76)/b13-10-,22-19-,23-20-,30-28-,31-29-,34-33-,37-36-,41-39-,61-58-. The van der Waals surface area contributed by atoms with Crippen molar-refractivity contribution in [3.8, 4) is 0 Å². The monoisotopic (exact) mass is 1130 g/mol. The first-order valence-electron chi connectivity index (χ1n) is 32.7. The van der Waals surface area contributed by atoms with E-state index in [-0.39, 0.29) is 24.9 Å². The molecule has 0 aromatic rings. The molecule has 9 nitrogen and oxygen atoms in total. The van der Waals surface area contributed by atoms with Crippen LogP contribution in [0.4, 0.5) is 0 Å². The van der Waals surface area contributed by atoms with Crippen LogP contribution < -0.4 is 10.2 Å². The van der Waals surface area contributed by atoms with Gasteiger partial charge in [0.05, 0.1) is 33.8 Å². The van der Waals surface area contributed by atoms with Crippen LogP contribution in [-0.2, 0) is 27.9 Å². The van der Waals surface area contributed by atoms with Crippen LogP contribution in [0.25, 0.3) is 0 Å². The lowest BCUT2D eigenvalue weighted by atomic mass is 10.0. The number of phosphoric ester groups is 1. The zero-order valence-electron chi connectivity index (χ0n) is 52.5. The Labute approximate surface area is 493 Å². The number of quaternary nitrogens is 1. The zero-order chi connectivity index (χ0) is 58.6. The van der Waals surface area contributed by atoms with Gasteiger partial charge in [-0.25, -0.2) is 0 Å². The number of hydrogen-bond donors (Lipinski definition) is 1. The molecule has 460 valence electrons. The van der Waals surface area contributed by atoms with Crippen LogP contribution >= 0.6 is 7.82 Å². The maximum atomic E-state index is 13.5. The molecule has 0 heterocycles. The summed E-state index contributed by atoms with van der Waals surface area (Å²) >= 11 is 0. The summed E-state index contributed by atoms with van der Waals surface area (Å²) in [6, 6.07) is -0.906. The Balaban J connectivity index is 5.22. The number of ether oxygens (including phenoxy) is 1. The Hall–Kier alpha value is -3.33. The number of carbonyl (C=O) groups is 2. The van der Waals surface area contributed by atoms with Gasteiger partial charge in [0.1, 0.15) is 19.3 Å². The van der Waals surface area contributed by atoms with E-state index < -0.39 is 26.6 Å². The smallest absolute Gasteiger partial charge is 0.306 e. The Morgan fingerprint density at radius 2 is 0.800 bits per heavy atom. The number of carbonyl (C=O) groups excluding carboxylic acids is 2. The molecule has 0 spiro atoms. The fourth-order valence-electron chi connectivity index (χ4n) is 8.91. The number of likely N-dealkylation sites (N-methyl/N-ethyl adjacent to an activating group) is 1. The number of nitrogens with zero attached hydrogens (tertiary/aromatic N) is 1. The predicted octanol–water partition coefficient (Wildman–Crippen LogP) is 19.9. The molecular weight excluding hydrogens is 1010 g/mol. The molecule has 0 radical (unpaired) electrons. The van der Waals surface area contributed by atoms with Crippen molar-refractivity contribution in [2.24, 2.45) is 0 Å². The summed E-state index contributed by atoms with van der Waals surface area (Å²) in [6.07, 6.45) is 80.5. The van der Waals surface area contributed by atoms with Crippen LogP contribution in [-0.4, -0.2) is 69.4 Å². The van der Waals surface area contributed by atoms with Gasteiger partial charge in [-0.15, -0.1) is 0 Å². The normalized spacial score (nSPS) is 14.3. The average Bonchev–Trinajstić information content (AvgIpc) is 3.42.